The summed E-state index contributed by atoms with van der Waals surface area (Å²) in [6.07, 6.45) is -8.71. The van der Waals surface area contributed by atoms with E-state index in [-0.39, 0.29) is 6.42 Å². The molecule has 1 amide bonds. The topological polar surface area (TPSA) is 78.8 Å². The smallest absolute Gasteiger partial charge is 0.388 e. The van der Waals surface area contributed by atoms with Gasteiger partial charge in [-0.05, 0) is 6.92 Å². The summed E-state index contributed by atoms with van der Waals surface area (Å²) in [4.78, 5) is 10.6. The standard InChI is InChI=1S/C8H12F3NO4/c1-3-6(14)4(2-5(13)16-3)12-7(15)8(9,10)11/h3-6,13-14H,2H2,1H3,(H,12,15)/t3-,4+,5+,6+/m0/s1. The van der Waals surface area contributed by atoms with E-state index in [2.05, 4.69) is 0 Å². The van der Waals surface area contributed by atoms with Crippen LogP contribution in [0, 0.1) is 0 Å². The van der Waals surface area contributed by atoms with Gasteiger partial charge in [-0.3, -0.25) is 4.79 Å². The molecule has 16 heavy (non-hydrogen) atoms. The second-order valence-electron chi connectivity index (χ2n) is 3.60. The van der Waals surface area contributed by atoms with Crippen molar-refractivity contribution in [2.75, 3.05) is 0 Å². The maximum Gasteiger partial charge on any atom is 0.471 e. The van der Waals surface area contributed by atoms with E-state index in [0.29, 0.717) is 0 Å². The fourth-order valence-electron chi connectivity index (χ4n) is 1.46. The van der Waals surface area contributed by atoms with E-state index in [9.17, 15) is 23.1 Å². The molecule has 0 aliphatic carbocycles. The van der Waals surface area contributed by atoms with Gasteiger partial charge in [0.2, 0.25) is 0 Å². The molecule has 5 nitrogen and oxygen atoms in total. The van der Waals surface area contributed by atoms with Crippen molar-refractivity contribution >= 4 is 5.91 Å². The van der Waals surface area contributed by atoms with E-state index >= 15 is 0 Å². The molecule has 4 atom stereocenters. The Morgan fingerprint density at radius 1 is 1.44 bits per heavy atom. The van der Waals surface area contributed by atoms with E-state index in [1.165, 1.54) is 6.92 Å². The van der Waals surface area contributed by atoms with Crippen LogP contribution in [0.25, 0.3) is 0 Å². The molecule has 0 aromatic heterocycles. The Kier molecular flexibility index (Phi) is 3.76. The van der Waals surface area contributed by atoms with E-state index in [4.69, 9.17) is 9.84 Å². The number of aliphatic hydroxyl groups excluding tert-OH is 2. The lowest BCUT2D eigenvalue weighted by Crippen LogP contribution is -2.56. The zero-order valence-corrected chi connectivity index (χ0v) is 8.36. The van der Waals surface area contributed by atoms with Gasteiger partial charge < -0.3 is 20.3 Å². The Morgan fingerprint density at radius 2 is 2.00 bits per heavy atom. The van der Waals surface area contributed by atoms with Crippen molar-refractivity contribution in [2.24, 2.45) is 0 Å². The van der Waals surface area contributed by atoms with Gasteiger partial charge in [-0.2, -0.15) is 13.2 Å². The zero-order chi connectivity index (χ0) is 12.5. The molecule has 94 valence electrons. The fraction of sp³-hybridized carbons (Fsp3) is 0.875. The maximum absolute atomic E-state index is 11.9. The summed E-state index contributed by atoms with van der Waals surface area (Å²) in [7, 11) is 0. The van der Waals surface area contributed by atoms with Gasteiger partial charge in [-0.25, -0.2) is 0 Å². The number of carbonyl (C=O) groups excluding carboxylic acids is 1. The van der Waals surface area contributed by atoms with Crippen LogP contribution in [0.5, 0.6) is 0 Å². The highest BCUT2D eigenvalue weighted by atomic mass is 19.4. The molecule has 1 saturated heterocycles. The van der Waals surface area contributed by atoms with Crippen LogP contribution in [-0.2, 0) is 9.53 Å². The predicted molar refractivity (Wildman–Crippen MR) is 45.2 cm³/mol. The van der Waals surface area contributed by atoms with Crippen LogP contribution in [0.1, 0.15) is 13.3 Å². The molecule has 3 N–H and O–H groups in total. The predicted octanol–water partition coefficient (Wildman–Crippen LogP) is -0.478. The normalized spacial score (nSPS) is 35.9. The van der Waals surface area contributed by atoms with Gasteiger partial charge in [0.25, 0.3) is 0 Å². The highest BCUT2D eigenvalue weighted by Gasteiger charge is 2.43. The first-order valence-corrected chi connectivity index (χ1v) is 4.61. The number of hydrogen-bond donors (Lipinski definition) is 3. The molecule has 1 aliphatic heterocycles. The molecule has 0 radical (unpaired) electrons. The summed E-state index contributed by atoms with van der Waals surface area (Å²) in [6.45, 7) is 1.39. The molecule has 0 aromatic carbocycles. The van der Waals surface area contributed by atoms with Crippen LogP contribution >= 0.6 is 0 Å². The van der Waals surface area contributed by atoms with Crippen LogP contribution < -0.4 is 5.32 Å². The minimum atomic E-state index is -5.01. The van der Waals surface area contributed by atoms with Crippen molar-refractivity contribution in [1.82, 2.24) is 5.32 Å². The number of ether oxygens (including phenoxy) is 1. The summed E-state index contributed by atoms with van der Waals surface area (Å²) < 4.78 is 40.6. The second-order valence-corrected chi connectivity index (χ2v) is 3.60. The maximum atomic E-state index is 11.9. The van der Waals surface area contributed by atoms with Crippen LogP contribution in [0.4, 0.5) is 13.2 Å². The summed E-state index contributed by atoms with van der Waals surface area (Å²) in [5.41, 5.74) is 0. The molecule has 8 heteroatoms. The Balaban J connectivity index is 2.62. The molecule has 1 fully saturated rings. The van der Waals surface area contributed by atoms with Crippen LogP contribution in [0.15, 0.2) is 0 Å². The fourth-order valence-corrected chi connectivity index (χ4v) is 1.46. The molecule has 0 aromatic rings. The van der Waals surface area contributed by atoms with Crippen LogP contribution in [-0.4, -0.2) is 46.8 Å². The van der Waals surface area contributed by atoms with Gasteiger partial charge in [0.15, 0.2) is 6.29 Å². The van der Waals surface area contributed by atoms with Crippen molar-refractivity contribution < 1.29 is 32.9 Å². The molecule has 1 heterocycles. The average molecular weight is 243 g/mol. The third-order valence-corrected chi connectivity index (χ3v) is 2.29. The van der Waals surface area contributed by atoms with E-state index in [1.807, 2.05) is 0 Å². The number of aliphatic hydroxyl groups is 2. The quantitative estimate of drug-likeness (QED) is 0.581. The van der Waals surface area contributed by atoms with Crippen molar-refractivity contribution in [1.29, 1.82) is 0 Å². The summed E-state index contributed by atoms with van der Waals surface area (Å²) >= 11 is 0. The Labute approximate surface area is 89.2 Å². The van der Waals surface area contributed by atoms with E-state index in [0.717, 1.165) is 0 Å². The number of hydrogen-bond acceptors (Lipinski definition) is 4. The minimum Gasteiger partial charge on any atom is -0.388 e. The summed E-state index contributed by atoms with van der Waals surface area (Å²) in [6, 6.07) is -1.17. The zero-order valence-electron chi connectivity index (χ0n) is 8.36. The van der Waals surface area contributed by atoms with Gasteiger partial charge >= 0.3 is 12.1 Å². The molecule has 0 unspecified atom stereocenters. The highest BCUT2D eigenvalue weighted by Crippen LogP contribution is 2.21. The van der Waals surface area contributed by atoms with E-state index < -0.39 is 36.6 Å². The van der Waals surface area contributed by atoms with Gasteiger partial charge in [0.05, 0.1) is 12.1 Å². The average Bonchev–Trinajstić information content (AvgIpc) is 2.11. The van der Waals surface area contributed by atoms with Crippen LogP contribution in [0.3, 0.4) is 0 Å². The van der Waals surface area contributed by atoms with Gasteiger partial charge in [0, 0.05) is 6.42 Å². The van der Waals surface area contributed by atoms with Crippen LogP contribution in [0.2, 0.25) is 0 Å². The number of amides is 1. The lowest BCUT2D eigenvalue weighted by atomic mass is 9.99. The molecule has 0 bridgehead atoms. The molecular weight excluding hydrogens is 231 g/mol. The van der Waals surface area contributed by atoms with Crippen molar-refractivity contribution in [3.05, 3.63) is 0 Å². The number of nitrogens with one attached hydrogen (secondary N) is 1. The third kappa shape index (κ3) is 3.06. The lowest BCUT2D eigenvalue weighted by molar-refractivity contribution is -0.207. The number of halogens is 3. The number of alkyl halides is 3. The summed E-state index contributed by atoms with van der Waals surface area (Å²) in [5.74, 6) is -2.14. The monoisotopic (exact) mass is 243 g/mol. The molecule has 1 aliphatic rings. The molecule has 0 saturated carbocycles. The summed E-state index contributed by atoms with van der Waals surface area (Å²) in [5, 5.41) is 20.2. The Hall–Kier alpha value is -0.860. The van der Waals surface area contributed by atoms with Crippen molar-refractivity contribution in [3.63, 3.8) is 0 Å². The van der Waals surface area contributed by atoms with Gasteiger partial charge in [-0.1, -0.05) is 0 Å². The lowest BCUT2D eigenvalue weighted by Gasteiger charge is -2.36. The molecule has 1 rings (SSSR count). The van der Waals surface area contributed by atoms with Gasteiger partial charge in [-0.15, -0.1) is 0 Å². The van der Waals surface area contributed by atoms with Crippen molar-refractivity contribution in [3.8, 4) is 0 Å². The van der Waals surface area contributed by atoms with Gasteiger partial charge in [0.1, 0.15) is 6.10 Å². The molecular formula is C8H12F3NO4. The SMILES string of the molecule is C[C@@H]1O[C@@H](O)C[C@@H](NC(=O)C(F)(F)F)[C@@H]1O. The first kappa shape index (κ1) is 13.2. The minimum absolute atomic E-state index is 0.284. The number of carbonyl (C=O) groups is 1. The first-order chi connectivity index (χ1) is 7.21. The number of rotatable bonds is 1. The second kappa shape index (κ2) is 4.56. The van der Waals surface area contributed by atoms with Crippen molar-refractivity contribution in [2.45, 2.75) is 44.1 Å². The third-order valence-electron chi connectivity index (χ3n) is 2.29. The Bertz CT molecular complexity index is 270. The first-order valence-electron chi connectivity index (χ1n) is 4.61. The Morgan fingerprint density at radius 3 is 2.50 bits per heavy atom. The highest BCUT2D eigenvalue weighted by molar-refractivity contribution is 5.82. The molecule has 0 spiro atoms. The van der Waals surface area contributed by atoms with E-state index in [1.54, 1.807) is 5.32 Å². The largest absolute Gasteiger partial charge is 0.471 e.